The summed E-state index contributed by atoms with van der Waals surface area (Å²) in [6.45, 7) is 8.05. The minimum absolute atomic E-state index is 0.0879. The van der Waals surface area contributed by atoms with Gasteiger partial charge in [0.15, 0.2) is 0 Å². The number of aliphatic hydroxyl groups is 1. The van der Waals surface area contributed by atoms with E-state index in [4.69, 9.17) is 8.83 Å². The van der Waals surface area contributed by atoms with Gasteiger partial charge in [-0.15, -0.1) is 0 Å². The third-order valence-corrected chi connectivity index (χ3v) is 6.03. The monoisotopic (exact) mass is 431 g/mol. The summed E-state index contributed by atoms with van der Waals surface area (Å²) in [5.74, 6) is 0.532. The van der Waals surface area contributed by atoms with Gasteiger partial charge < -0.3 is 19.3 Å². The summed E-state index contributed by atoms with van der Waals surface area (Å²) < 4.78 is 11.2. The molecule has 0 saturated carbocycles. The van der Waals surface area contributed by atoms with Crippen LogP contribution >= 0.6 is 11.8 Å². The van der Waals surface area contributed by atoms with E-state index in [9.17, 15) is 14.7 Å². The molecule has 0 aliphatic rings. The number of fused-ring (bicyclic) bond motifs is 2. The molecule has 0 saturated heterocycles. The molecule has 0 aliphatic heterocycles. The molecule has 2 heterocycles. The lowest BCUT2D eigenvalue weighted by molar-refractivity contribution is -0.121. The summed E-state index contributed by atoms with van der Waals surface area (Å²) in [7, 11) is 0. The number of hydrogen-bond donors (Lipinski definition) is 2. The van der Waals surface area contributed by atoms with Crippen LogP contribution in [0.2, 0.25) is 0 Å². The van der Waals surface area contributed by atoms with Crippen LogP contribution in [-0.2, 0) is 16.6 Å². The van der Waals surface area contributed by atoms with Crippen molar-refractivity contribution in [3.8, 4) is 0 Å². The number of amides is 1. The largest absolute Gasteiger partial charge is 0.464 e. The summed E-state index contributed by atoms with van der Waals surface area (Å²) in [6, 6.07) is 3.39. The van der Waals surface area contributed by atoms with Gasteiger partial charge in [-0.05, 0) is 42.4 Å². The minimum Gasteiger partial charge on any atom is -0.464 e. The molecule has 2 aromatic heterocycles. The molecule has 0 spiro atoms. The highest BCUT2D eigenvalue weighted by molar-refractivity contribution is 7.98. The second-order valence-electron chi connectivity index (χ2n) is 8.64. The molecule has 0 fully saturated rings. The van der Waals surface area contributed by atoms with Gasteiger partial charge in [-0.2, -0.15) is 11.8 Å². The number of thioether (sulfide) groups is 1. The topological polar surface area (TPSA) is 92.7 Å². The van der Waals surface area contributed by atoms with E-state index >= 15 is 0 Å². The predicted molar refractivity (Wildman–Crippen MR) is 121 cm³/mol. The molecule has 1 unspecified atom stereocenters. The first-order valence-electron chi connectivity index (χ1n) is 10.0. The highest BCUT2D eigenvalue weighted by Gasteiger charge is 2.22. The van der Waals surface area contributed by atoms with Crippen LogP contribution in [0.3, 0.4) is 0 Å². The number of benzene rings is 1. The average molecular weight is 432 g/mol. The van der Waals surface area contributed by atoms with E-state index in [1.165, 1.54) is 0 Å². The molecule has 162 valence electrons. The number of carbonyl (C=O) groups excluding carboxylic acids is 1. The number of nitrogens with one attached hydrogen (secondary N) is 1. The van der Waals surface area contributed by atoms with Crippen LogP contribution in [0, 0.1) is 6.92 Å². The molecule has 30 heavy (non-hydrogen) atoms. The Balaban J connectivity index is 1.98. The quantitative estimate of drug-likeness (QED) is 0.551. The number of aliphatic hydroxyl groups excluding tert-OH is 1. The Morgan fingerprint density at radius 1 is 1.23 bits per heavy atom. The Labute approximate surface area is 180 Å². The van der Waals surface area contributed by atoms with Crippen LogP contribution < -0.4 is 10.9 Å². The van der Waals surface area contributed by atoms with E-state index < -0.39 is 5.63 Å². The van der Waals surface area contributed by atoms with Crippen molar-refractivity contribution in [1.29, 1.82) is 0 Å². The molecular formula is C23H29NO5S. The fourth-order valence-corrected chi connectivity index (χ4v) is 4.12. The van der Waals surface area contributed by atoms with E-state index in [2.05, 4.69) is 26.1 Å². The smallest absolute Gasteiger partial charge is 0.340 e. The molecule has 0 radical (unpaired) electrons. The van der Waals surface area contributed by atoms with Crippen LogP contribution in [0.5, 0.6) is 0 Å². The Bertz CT molecular complexity index is 1120. The average Bonchev–Trinajstić information content (AvgIpc) is 3.10. The van der Waals surface area contributed by atoms with Crippen LogP contribution in [0.25, 0.3) is 21.9 Å². The Kier molecular flexibility index (Phi) is 6.62. The van der Waals surface area contributed by atoms with Crippen LogP contribution in [0.4, 0.5) is 0 Å². The van der Waals surface area contributed by atoms with Gasteiger partial charge >= 0.3 is 5.63 Å². The van der Waals surface area contributed by atoms with Gasteiger partial charge in [0.1, 0.15) is 11.2 Å². The van der Waals surface area contributed by atoms with E-state index in [0.29, 0.717) is 23.2 Å². The molecule has 3 rings (SSSR count). The van der Waals surface area contributed by atoms with Gasteiger partial charge in [0, 0.05) is 22.4 Å². The number of aryl methyl sites for hydroxylation is 1. The molecule has 0 bridgehead atoms. The maximum Gasteiger partial charge on any atom is 0.340 e. The highest BCUT2D eigenvalue weighted by Crippen LogP contribution is 2.35. The second kappa shape index (κ2) is 8.86. The lowest BCUT2D eigenvalue weighted by Gasteiger charge is -2.17. The summed E-state index contributed by atoms with van der Waals surface area (Å²) in [4.78, 5) is 25.1. The molecule has 1 atom stereocenters. The third kappa shape index (κ3) is 4.57. The number of rotatable bonds is 7. The van der Waals surface area contributed by atoms with Gasteiger partial charge in [-0.1, -0.05) is 20.8 Å². The van der Waals surface area contributed by atoms with E-state index in [-0.39, 0.29) is 30.4 Å². The van der Waals surface area contributed by atoms with Crippen molar-refractivity contribution < 1.29 is 18.7 Å². The zero-order valence-corrected chi connectivity index (χ0v) is 18.9. The fourth-order valence-electron chi connectivity index (χ4n) is 3.60. The van der Waals surface area contributed by atoms with Crippen LogP contribution in [0.1, 0.15) is 43.9 Å². The molecular weight excluding hydrogens is 402 g/mol. The highest BCUT2D eigenvalue weighted by atomic mass is 32.2. The maximum atomic E-state index is 12.6. The predicted octanol–water partition coefficient (Wildman–Crippen LogP) is 3.92. The van der Waals surface area contributed by atoms with Gasteiger partial charge in [-0.25, -0.2) is 4.79 Å². The van der Waals surface area contributed by atoms with Crippen molar-refractivity contribution >= 4 is 39.6 Å². The molecule has 3 aromatic rings. The maximum absolute atomic E-state index is 12.6. The minimum atomic E-state index is -0.526. The number of hydrogen-bond acceptors (Lipinski definition) is 6. The summed E-state index contributed by atoms with van der Waals surface area (Å²) in [5.41, 5.74) is 2.62. The first kappa shape index (κ1) is 22.4. The van der Waals surface area contributed by atoms with E-state index in [1.54, 1.807) is 24.1 Å². The van der Waals surface area contributed by atoms with Gasteiger partial charge in [-0.3, -0.25) is 4.79 Å². The molecule has 1 amide bonds. The van der Waals surface area contributed by atoms with Crippen molar-refractivity contribution in [2.45, 2.75) is 52.0 Å². The Hall–Kier alpha value is -2.25. The summed E-state index contributed by atoms with van der Waals surface area (Å²) >= 11 is 1.65. The summed E-state index contributed by atoms with van der Waals surface area (Å²) in [5, 5.41) is 14.0. The van der Waals surface area contributed by atoms with Crippen molar-refractivity contribution in [1.82, 2.24) is 5.32 Å². The van der Waals surface area contributed by atoms with Gasteiger partial charge in [0.05, 0.1) is 30.9 Å². The first-order chi connectivity index (χ1) is 14.2. The van der Waals surface area contributed by atoms with Gasteiger partial charge in [0.2, 0.25) is 5.91 Å². The Morgan fingerprint density at radius 2 is 1.97 bits per heavy atom. The SMILES string of the molecule is CSCCC(CO)NC(=O)Cc1c(C)c2cc3c(C(C)(C)C)coc3cc2oc1=O. The standard InChI is InChI=1S/C23H29NO5S/c1-13-15-8-17-18(23(2,3)4)12-28-19(17)10-20(15)29-22(27)16(13)9-21(26)24-14(11-25)6-7-30-5/h8,10,12,14,25H,6-7,9,11H2,1-5H3,(H,24,26). The zero-order chi connectivity index (χ0) is 22.1. The lowest BCUT2D eigenvalue weighted by atomic mass is 9.86. The van der Waals surface area contributed by atoms with Crippen LogP contribution in [-0.4, -0.2) is 35.7 Å². The molecule has 2 N–H and O–H groups in total. The molecule has 1 aromatic carbocycles. The van der Waals surface area contributed by atoms with Crippen molar-refractivity contribution in [3.63, 3.8) is 0 Å². The van der Waals surface area contributed by atoms with Crippen molar-refractivity contribution in [3.05, 3.63) is 45.5 Å². The second-order valence-corrected chi connectivity index (χ2v) is 9.63. The summed E-state index contributed by atoms with van der Waals surface area (Å²) in [6.07, 6.45) is 4.30. The van der Waals surface area contributed by atoms with Gasteiger partial charge in [0.25, 0.3) is 0 Å². The zero-order valence-electron chi connectivity index (χ0n) is 18.1. The van der Waals surface area contributed by atoms with Crippen LogP contribution in [0.15, 0.2) is 32.0 Å². The van der Waals surface area contributed by atoms with E-state index in [0.717, 1.165) is 27.7 Å². The molecule has 7 heteroatoms. The normalized spacial score (nSPS) is 13.1. The first-order valence-corrected chi connectivity index (χ1v) is 11.4. The van der Waals surface area contributed by atoms with Crippen molar-refractivity contribution in [2.75, 3.05) is 18.6 Å². The lowest BCUT2D eigenvalue weighted by Crippen LogP contribution is -2.39. The molecule has 0 aliphatic carbocycles. The van der Waals surface area contributed by atoms with E-state index in [1.807, 2.05) is 19.2 Å². The Morgan fingerprint density at radius 3 is 2.60 bits per heavy atom. The number of carbonyl (C=O) groups is 1. The fraction of sp³-hybridized carbons (Fsp3) is 0.478. The third-order valence-electron chi connectivity index (χ3n) is 5.38. The molecule has 6 nitrogen and oxygen atoms in total. The number of furan rings is 1. The van der Waals surface area contributed by atoms with Crippen molar-refractivity contribution in [2.24, 2.45) is 0 Å².